The molecular formula is C17H13N5O5. The molecule has 1 aliphatic rings. The molecule has 3 heterocycles. The zero-order valence-corrected chi connectivity index (χ0v) is 14.4. The van der Waals surface area contributed by atoms with Crippen LogP contribution in [0.25, 0.3) is 11.2 Å². The highest BCUT2D eigenvalue weighted by Gasteiger charge is 2.39. The van der Waals surface area contributed by atoms with Crippen molar-refractivity contribution in [1.29, 1.82) is 0 Å². The van der Waals surface area contributed by atoms with Crippen molar-refractivity contribution in [2.45, 2.75) is 6.54 Å². The lowest BCUT2D eigenvalue weighted by Crippen LogP contribution is -2.40. The van der Waals surface area contributed by atoms with E-state index in [0.717, 1.165) is 9.47 Å². The molecule has 10 heteroatoms. The Bertz CT molecular complexity index is 1280. The molecule has 0 saturated carbocycles. The molecule has 3 aromatic rings. The summed E-state index contributed by atoms with van der Waals surface area (Å²) in [4.78, 5) is 66.3. The van der Waals surface area contributed by atoms with Crippen LogP contribution in [-0.2, 0) is 30.2 Å². The van der Waals surface area contributed by atoms with Crippen LogP contribution in [0.15, 0.2) is 40.2 Å². The van der Waals surface area contributed by atoms with Crippen LogP contribution < -0.4 is 16.1 Å². The van der Waals surface area contributed by atoms with Gasteiger partial charge in [0, 0.05) is 14.1 Å². The van der Waals surface area contributed by atoms with Gasteiger partial charge in [-0.05, 0) is 12.1 Å². The first-order valence-electron chi connectivity index (χ1n) is 7.94. The van der Waals surface area contributed by atoms with E-state index in [4.69, 9.17) is 0 Å². The summed E-state index contributed by atoms with van der Waals surface area (Å²) >= 11 is 0. The molecule has 0 N–H and O–H groups in total. The van der Waals surface area contributed by atoms with Crippen molar-refractivity contribution < 1.29 is 14.4 Å². The van der Waals surface area contributed by atoms with Gasteiger partial charge in [-0.1, -0.05) is 12.1 Å². The molecule has 0 atom stereocenters. The molecular weight excluding hydrogens is 354 g/mol. The van der Waals surface area contributed by atoms with Gasteiger partial charge in [0.1, 0.15) is 6.54 Å². The average Bonchev–Trinajstić information content (AvgIpc) is 3.18. The number of amides is 2. The zero-order chi connectivity index (χ0) is 19.5. The standard InChI is InChI=1S/C17H13N5O5/c1-19-14-12(15(25)20(2)17(19)27)21(8-18-14)7-11(23)22-10-6-4-3-5-9(10)13(24)16(22)26/h3-6,8H,7H2,1-2H3. The molecule has 0 unspecified atom stereocenters. The second-order valence-electron chi connectivity index (χ2n) is 6.13. The first-order chi connectivity index (χ1) is 12.8. The molecule has 0 spiro atoms. The lowest BCUT2D eigenvalue weighted by atomic mass is 10.1. The van der Waals surface area contributed by atoms with Crippen LogP contribution in [0.5, 0.6) is 0 Å². The van der Waals surface area contributed by atoms with E-state index >= 15 is 0 Å². The Morgan fingerprint density at radius 3 is 2.48 bits per heavy atom. The molecule has 0 aliphatic carbocycles. The Hall–Kier alpha value is -3.82. The van der Waals surface area contributed by atoms with Gasteiger partial charge in [-0.3, -0.25) is 28.3 Å². The third-order valence-corrected chi connectivity index (χ3v) is 4.56. The summed E-state index contributed by atoms with van der Waals surface area (Å²) in [6, 6.07) is 6.19. The minimum Gasteiger partial charge on any atom is -0.315 e. The molecule has 10 nitrogen and oxygen atoms in total. The molecule has 136 valence electrons. The number of hydrogen-bond acceptors (Lipinski definition) is 6. The van der Waals surface area contributed by atoms with Gasteiger partial charge in [0.25, 0.3) is 17.2 Å². The third kappa shape index (κ3) is 2.19. The molecule has 2 aromatic heterocycles. The molecule has 2 amide bonds. The highest BCUT2D eigenvalue weighted by atomic mass is 16.2. The average molecular weight is 367 g/mol. The van der Waals surface area contributed by atoms with Crippen LogP contribution in [0.4, 0.5) is 5.69 Å². The summed E-state index contributed by atoms with van der Waals surface area (Å²) in [6.45, 7) is -0.392. The molecule has 1 aromatic carbocycles. The van der Waals surface area contributed by atoms with Crippen LogP contribution in [0, 0.1) is 0 Å². The van der Waals surface area contributed by atoms with Crippen LogP contribution in [-0.4, -0.2) is 36.3 Å². The van der Waals surface area contributed by atoms with Gasteiger partial charge < -0.3 is 4.57 Å². The van der Waals surface area contributed by atoms with E-state index in [1.54, 1.807) is 12.1 Å². The number of imidazole rings is 1. The minimum atomic E-state index is -0.939. The number of ketones is 1. The topological polar surface area (TPSA) is 116 Å². The normalized spacial score (nSPS) is 13.5. The van der Waals surface area contributed by atoms with Gasteiger partial charge >= 0.3 is 11.6 Å². The summed E-state index contributed by atoms with van der Waals surface area (Å²) < 4.78 is 3.36. The van der Waals surface area contributed by atoms with E-state index in [0.29, 0.717) is 0 Å². The lowest BCUT2D eigenvalue weighted by molar-refractivity contribution is -0.124. The molecule has 0 bridgehead atoms. The number of rotatable bonds is 2. The Balaban J connectivity index is 1.79. The van der Waals surface area contributed by atoms with Crippen molar-refractivity contribution in [2.24, 2.45) is 14.1 Å². The Labute approximate surface area is 150 Å². The molecule has 0 radical (unpaired) electrons. The summed E-state index contributed by atoms with van der Waals surface area (Å²) in [6.07, 6.45) is 1.25. The summed E-state index contributed by atoms with van der Waals surface area (Å²) in [5.74, 6) is -2.38. The van der Waals surface area contributed by atoms with Crippen LogP contribution >= 0.6 is 0 Å². The van der Waals surface area contributed by atoms with Crippen LogP contribution in [0.3, 0.4) is 0 Å². The summed E-state index contributed by atoms with van der Waals surface area (Å²) in [7, 11) is 2.78. The van der Waals surface area contributed by atoms with E-state index in [-0.39, 0.29) is 22.4 Å². The number of nitrogens with zero attached hydrogens (tertiary/aromatic N) is 5. The quantitative estimate of drug-likeness (QED) is 0.547. The van der Waals surface area contributed by atoms with Crippen LogP contribution in [0.2, 0.25) is 0 Å². The predicted molar refractivity (Wildman–Crippen MR) is 93.5 cm³/mol. The van der Waals surface area contributed by atoms with Gasteiger partial charge in [-0.2, -0.15) is 0 Å². The smallest absolute Gasteiger partial charge is 0.315 e. The fourth-order valence-corrected chi connectivity index (χ4v) is 3.17. The number of para-hydroxylation sites is 1. The van der Waals surface area contributed by atoms with E-state index in [9.17, 15) is 24.0 Å². The lowest BCUT2D eigenvalue weighted by Gasteiger charge is -2.15. The molecule has 0 fully saturated rings. The van der Waals surface area contributed by atoms with Gasteiger partial charge in [-0.15, -0.1) is 0 Å². The van der Waals surface area contributed by atoms with E-state index in [1.165, 1.54) is 41.7 Å². The number of hydrogen-bond donors (Lipinski definition) is 0. The van der Waals surface area contributed by atoms with E-state index < -0.39 is 35.4 Å². The maximum atomic E-state index is 12.8. The zero-order valence-electron chi connectivity index (χ0n) is 14.4. The van der Waals surface area contributed by atoms with Gasteiger partial charge in [0.2, 0.25) is 0 Å². The second-order valence-corrected chi connectivity index (χ2v) is 6.13. The number of imide groups is 1. The van der Waals surface area contributed by atoms with Crippen molar-refractivity contribution in [3.63, 3.8) is 0 Å². The van der Waals surface area contributed by atoms with Gasteiger partial charge in [0.15, 0.2) is 11.2 Å². The number of carbonyl (C=O) groups excluding carboxylic acids is 3. The molecule has 0 saturated heterocycles. The summed E-state index contributed by atoms with van der Waals surface area (Å²) in [5.41, 5.74) is -0.604. The fourth-order valence-electron chi connectivity index (χ4n) is 3.17. The summed E-state index contributed by atoms with van der Waals surface area (Å²) in [5, 5.41) is 0. The SMILES string of the molecule is Cn1c(=O)c2c(ncn2CC(=O)N2C(=O)C(=O)c3ccccc32)n(C)c1=O. The minimum absolute atomic E-state index is 0.0548. The monoisotopic (exact) mass is 367 g/mol. The van der Waals surface area contributed by atoms with Gasteiger partial charge in [0.05, 0.1) is 17.6 Å². The third-order valence-electron chi connectivity index (χ3n) is 4.56. The molecule has 27 heavy (non-hydrogen) atoms. The molecule has 4 rings (SSSR count). The number of Topliss-reactive ketones (excluding diaryl/α,β-unsaturated/α-hetero) is 1. The van der Waals surface area contributed by atoms with E-state index in [1.807, 2.05) is 0 Å². The first-order valence-corrected chi connectivity index (χ1v) is 7.94. The Morgan fingerprint density at radius 1 is 1.04 bits per heavy atom. The maximum absolute atomic E-state index is 12.8. The highest BCUT2D eigenvalue weighted by molar-refractivity contribution is 6.56. The van der Waals surface area contributed by atoms with E-state index in [2.05, 4.69) is 4.98 Å². The number of fused-ring (bicyclic) bond motifs is 2. The van der Waals surface area contributed by atoms with Crippen molar-refractivity contribution >= 4 is 34.4 Å². The van der Waals surface area contributed by atoms with Crippen molar-refractivity contribution in [1.82, 2.24) is 18.7 Å². The number of benzene rings is 1. The number of aromatic nitrogens is 4. The fraction of sp³-hybridized carbons (Fsp3) is 0.176. The predicted octanol–water partition coefficient (Wildman–Crippen LogP) is -0.810. The first kappa shape index (κ1) is 16.6. The maximum Gasteiger partial charge on any atom is 0.332 e. The van der Waals surface area contributed by atoms with Crippen LogP contribution in [0.1, 0.15) is 10.4 Å². The number of aryl methyl sites for hydroxylation is 1. The molecule has 1 aliphatic heterocycles. The van der Waals surface area contributed by atoms with Crippen molar-refractivity contribution in [2.75, 3.05) is 4.90 Å². The number of carbonyl (C=O) groups is 3. The van der Waals surface area contributed by atoms with Crippen molar-refractivity contribution in [3.05, 3.63) is 57.0 Å². The number of anilines is 1. The highest BCUT2D eigenvalue weighted by Crippen LogP contribution is 2.28. The Kier molecular flexibility index (Phi) is 3.45. The second kappa shape index (κ2) is 5.59. The van der Waals surface area contributed by atoms with Gasteiger partial charge in [-0.25, -0.2) is 14.7 Å². The van der Waals surface area contributed by atoms with Crippen molar-refractivity contribution in [3.8, 4) is 0 Å². The largest absolute Gasteiger partial charge is 0.332 e. The Morgan fingerprint density at radius 2 is 1.74 bits per heavy atom.